The summed E-state index contributed by atoms with van der Waals surface area (Å²) in [6.07, 6.45) is 1.66. The molecule has 2 aromatic rings. The molecule has 1 aliphatic rings. The standard InChI is InChI=1S/C17H23ClN6O/c1-13(14-4-2-3-5-15(14)18)22-8-10-23(11-9-22)17(25)16-12-24(7-6-19)21-20-16/h2-5,12-13H,6-11,19H2,1H3. The lowest BCUT2D eigenvalue weighted by atomic mass is 10.1. The molecule has 1 atom stereocenters. The molecule has 1 amide bonds. The summed E-state index contributed by atoms with van der Waals surface area (Å²) in [5.41, 5.74) is 6.99. The van der Waals surface area contributed by atoms with E-state index in [2.05, 4.69) is 28.2 Å². The first-order chi connectivity index (χ1) is 12.1. The van der Waals surface area contributed by atoms with Gasteiger partial charge in [-0.25, -0.2) is 0 Å². The van der Waals surface area contributed by atoms with Crippen LogP contribution in [0.3, 0.4) is 0 Å². The molecule has 25 heavy (non-hydrogen) atoms. The van der Waals surface area contributed by atoms with Crippen molar-refractivity contribution in [1.29, 1.82) is 0 Å². The van der Waals surface area contributed by atoms with E-state index in [1.807, 2.05) is 23.1 Å². The predicted molar refractivity (Wildman–Crippen MR) is 96.4 cm³/mol. The van der Waals surface area contributed by atoms with Gasteiger partial charge in [-0.05, 0) is 18.6 Å². The van der Waals surface area contributed by atoms with E-state index in [4.69, 9.17) is 17.3 Å². The van der Waals surface area contributed by atoms with E-state index in [0.29, 0.717) is 31.9 Å². The number of halogens is 1. The quantitative estimate of drug-likeness (QED) is 0.869. The van der Waals surface area contributed by atoms with Gasteiger partial charge in [0.15, 0.2) is 5.69 Å². The summed E-state index contributed by atoms with van der Waals surface area (Å²) in [6, 6.07) is 8.13. The van der Waals surface area contributed by atoms with E-state index < -0.39 is 0 Å². The van der Waals surface area contributed by atoms with Crippen LogP contribution in [-0.2, 0) is 6.54 Å². The van der Waals surface area contributed by atoms with Crippen molar-refractivity contribution in [2.24, 2.45) is 5.73 Å². The first-order valence-electron chi connectivity index (χ1n) is 8.48. The van der Waals surface area contributed by atoms with E-state index >= 15 is 0 Å². The van der Waals surface area contributed by atoms with Gasteiger partial charge >= 0.3 is 0 Å². The molecular weight excluding hydrogens is 340 g/mol. The Bertz CT molecular complexity index is 725. The fraction of sp³-hybridized carbons (Fsp3) is 0.471. The number of amides is 1. The molecule has 0 radical (unpaired) electrons. The fourth-order valence-electron chi connectivity index (χ4n) is 3.12. The Labute approximate surface area is 152 Å². The van der Waals surface area contributed by atoms with Gasteiger partial charge in [-0.2, -0.15) is 0 Å². The molecule has 0 bridgehead atoms. The Balaban J connectivity index is 1.59. The first kappa shape index (κ1) is 17.8. The lowest BCUT2D eigenvalue weighted by Crippen LogP contribution is -2.49. The van der Waals surface area contributed by atoms with Crippen LogP contribution in [0.4, 0.5) is 0 Å². The van der Waals surface area contributed by atoms with Crippen LogP contribution >= 0.6 is 11.6 Å². The molecule has 1 unspecified atom stereocenters. The average molecular weight is 363 g/mol. The molecule has 0 aliphatic carbocycles. The number of nitrogens with two attached hydrogens (primary N) is 1. The third-order valence-electron chi connectivity index (χ3n) is 4.62. The van der Waals surface area contributed by atoms with Gasteiger partial charge in [0.1, 0.15) is 0 Å². The second kappa shape index (κ2) is 7.95. The topological polar surface area (TPSA) is 80.3 Å². The average Bonchev–Trinajstić information content (AvgIpc) is 3.10. The molecule has 1 aliphatic heterocycles. The number of hydrogen-bond donors (Lipinski definition) is 1. The highest BCUT2D eigenvalue weighted by molar-refractivity contribution is 6.31. The summed E-state index contributed by atoms with van der Waals surface area (Å²) < 4.78 is 1.60. The molecule has 1 fully saturated rings. The normalized spacial score (nSPS) is 16.8. The highest BCUT2D eigenvalue weighted by Gasteiger charge is 2.27. The van der Waals surface area contributed by atoms with Gasteiger partial charge in [0.2, 0.25) is 0 Å². The minimum Gasteiger partial charge on any atom is -0.335 e. The van der Waals surface area contributed by atoms with Crippen molar-refractivity contribution in [2.75, 3.05) is 32.7 Å². The molecule has 1 aromatic carbocycles. The van der Waals surface area contributed by atoms with Crippen LogP contribution in [0.15, 0.2) is 30.5 Å². The van der Waals surface area contributed by atoms with Crippen molar-refractivity contribution in [1.82, 2.24) is 24.8 Å². The number of carbonyl (C=O) groups excluding carboxylic acids is 1. The van der Waals surface area contributed by atoms with Gasteiger partial charge in [0.25, 0.3) is 5.91 Å². The molecule has 8 heteroatoms. The van der Waals surface area contributed by atoms with Crippen molar-refractivity contribution < 1.29 is 4.79 Å². The van der Waals surface area contributed by atoms with Crippen LogP contribution in [0.5, 0.6) is 0 Å². The Morgan fingerprint density at radius 2 is 2.00 bits per heavy atom. The summed E-state index contributed by atoms with van der Waals surface area (Å²) in [5.74, 6) is -0.0756. The number of benzene rings is 1. The van der Waals surface area contributed by atoms with Crippen LogP contribution in [0.25, 0.3) is 0 Å². The van der Waals surface area contributed by atoms with Crippen LogP contribution in [0.2, 0.25) is 5.02 Å². The maximum Gasteiger partial charge on any atom is 0.276 e. The molecule has 2 N–H and O–H groups in total. The second-order valence-electron chi connectivity index (χ2n) is 6.18. The Hall–Kier alpha value is -1.96. The second-order valence-corrected chi connectivity index (χ2v) is 6.59. The van der Waals surface area contributed by atoms with Crippen LogP contribution in [0, 0.1) is 0 Å². The first-order valence-corrected chi connectivity index (χ1v) is 8.86. The number of piperazine rings is 1. The molecule has 3 rings (SSSR count). The van der Waals surface area contributed by atoms with Gasteiger partial charge in [0.05, 0.1) is 12.7 Å². The lowest BCUT2D eigenvalue weighted by Gasteiger charge is -2.38. The predicted octanol–water partition coefficient (Wildman–Crippen LogP) is 1.41. The number of carbonyl (C=O) groups is 1. The molecule has 0 spiro atoms. The van der Waals surface area contributed by atoms with Crippen LogP contribution in [-0.4, -0.2) is 63.4 Å². The van der Waals surface area contributed by atoms with Gasteiger partial charge < -0.3 is 10.6 Å². The molecule has 2 heterocycles. The van der Waals surface area contributed by atoms with E-state index in [-0.39, 0.29) is 11.9 Å². The van der Waals surface area contributed by atoms with Gasteiger partial charge in [-0.1, -0.05) is 35.0 Å². The number of rotatable bonds is 5. The zero-order valence-corrected chi connectivity index (χ0v) is 15.1. The highest BCUT2D eigenvalue weighted by Crippen LogP contribution is 2.27. The van der Waals surface area contributed by atoms with E-state index in [9.17, 15) is 4.79 Å². The zero-order valence-electron chi connectivity index (χ0n) is 14.3. The van der Waals surface area contributed by atoms with Gasteiger partial charge in [-0.3, -0.25) is 14.4 Å². The van der Waals surface area contributed by atoms with Gasteiger partial charge in [0, 0.05) is 43.8 Å². The minimum absolute atomic E-state index is 0.0756. The molecule has 1 saturated heterocycles. The SMILES string of the molecule is CC(c1ccccc1Cl)N1CCN(C(=O)c2cn(CCN)nn2)CC1. The Kier molecular flexibility index (Phi) is 5.67. The van der Waals surface area contributed by atoms with E-state index in [1.165, 1.54) is 0 Å². The lowest BCUT2D eigenvalue weighted by molar-refractivity contribution is 0.0576. The zero-order chi connectivity index (χ0) is 17.8. The van der Waals surface area contributed by atoms with Gasteiger partial charge in [-0.15, -0.1) is 5.10 Å². The van der Waals surface area contributed by atoms with Crippen molar-refractivity contribution >= 4 is 17.5 Å². The Morgan fingerprint density at radius 1 is 1.28 bits per heavy atom. The highest BCUT2D eigenvalue weighted by atomic mass is 35.5. The van der Waals surface area contributed by atoms with E-state index in [1.54, 1.807) is 10.9 Å². The number of hydrogen-bond acceptors (Lipinski definition) is 5. The summed E-state index contributed by atoms with van der Waals surface area (Å²) >= 11 is 6.31. The minimum atomic E-state index is -0.0756. The maximum absolute atomic E-state index is 12.6. The van der Waals surface area contributed by atoms with E-state index in [0.717, 1.165) is 23.7 Å². The summed E-state index contributed by atoms with van der Waals surface area (Å²) in [4.78, 5) is 16.7. The molecule has 134 valence electrons. The largest absolute Gasteiger partial charge is 0.335 e. The maximum atomic E-state index is 12.6. The number of nitrogens with zero attached hydrogens (tertiary/aromatic N) is 5. The third kappa shape index (κ3) is 4.00. The van der Waals surface area contributed by atoms with Crippen LogP contribution < -0.4 is 5.73 Å². The fourth-order valence-corrected chi connectivity index (χ4v) is 3.42. The van der Waals surface area contributed by atoms with Crippen molar-refractivity contribution in [2.45, 2.75) is 19.5 Å². The Morgan fingerprint density at radius 3 is 2.68 bits per heavy atom. The molecule has 7 nitrogen and oxygen atoms in total. The van der Waals surface area contributed by atoms with Crippen molar-refractivity contribution in [3.05, 3.63) is 46.7 Å². The van der Waals surface area contributed by atoms with Crippen molar-refractivity contribution in [3.63, 3.8) is 0 Å². The third-order valence-corrected chi connectivity index (χ3v) is 4.96. The molecule has 0 saturated carbocycles. The smallest absolute Gasteiger partial charge is 0.276 e. The molecular formula is C17H23ClN6O. The summed E-state index contributed by atoms with van der Waals surface area (Å²) in [7, 11) is 0. The van der Waals surface area contributed by atoms with Crippen molar-refractivity contribution in [3.8, 4) is 0 Å². The monoisotopic (exact) mass is 362 g/mol. The summed E-state index contributed by atoms with van der Waals surface area (Å²) in [6.45, 7) is 6.11. The summed E-state index contributed by atoms with van der Waals surface area (Å²) in [5, 5.41) is 8.67. The number of aromatic nitrogens is 3. The molecule has 1 aromatic heterocycles. The van der Waals surface area contributed by atoms with Crippen LogP contribution in [0.1, 0.15) is 29.0 Å².